The molecule has 0 aromatic carbocycles. The van der Waals surface area contributed by atoms with Gasteiger partial charge in [-0.25, -0.2) is 5.01 Å². The fourth-order valence-electron chi connectivity index (χ4n) is 0.950. The van der Waals surface area contributed by atoms with Crippen LogP contribution in [-0.4, -0.2) is 42.8 Å². The maximum atomic E-state index is 10.7. The molecule has 0 aromatic rings. The van der Waals surface area contributed by atoms with Crippen molar-refractivity contribution in [3.8, 4) is 0 Å². The van der Waals surface area contributed by atoms with Gasteiger partial charge in [0.1, 0.15) is 6.04 Å². The molecule has 5 heteroatoms. The topological polar surface area (TPSA) is 78.6 Å². The standard InChI is InChI=1S/C7H17N3O2/c1-9-10(2)6(7(11)12)4-3-5-8/h6,9H,3-5,8H2,1-2H3,(H,11,12)/t6-/m0/s1. The van der Waals surface area contributed by atoms with Gasteiger partial charge in [0, 0.05) is 7.05 Å². The third-order valence-corrected chi connectivity index (χ3v) is 1.79. The van der Waals surface area contributed by atoms with Crippen LogP contribution in [0.3, 0.4) is 0 Å². The second-order valence-electron chi connectivity index (χ2n) is 2.62. The van der Waals surface area contributed by atoms with Crippen LogP contribution in [0.2, 0.25) is 0 Å². The first-order valence-electron chi connectivity index (χ1n) is 3.96. The number of aliphatic carboxylic acids is 1. The second kappa shape index (κ2) is 5.93. The van der Waals surface area contributed by atoms with E-state index < -0.39 is 12.0 Å². The van der Waals surface area contributed by atoms with Crippen molar-refractivity contribution < 1.29 is 9.90 Å². The number of carboxylic acids is 1. The van der Waals surface area contributed by atoms with Gasteiger partial charge in [0.2, 0.25) is 0 Å². The van der Waals surface area contributed by atoms with Gasteiger partial charge in [-0.1, -0.05) is 0 Å². The van der Waals surface area contributed by atoms with E-state index in [4.69, 9.17) is 10.8 Å². The van der Waals surface area contributed by atoms with Crippen LogP contribution < -0.4 is 11.2 Å². The van der Waals surface area contributed by atoms with Crippen LogP contribution in [0, 0.1) is 0 Å². The van der Waals surface area contributed by atoms with Crippen molar-refractivity contribution in [2.24, 2.45) is 5.73 Å². The Morgan fingerprint density at radius 3 is 2.67 bits per heavy atom. The zero-order valence-electron chi connectivity index (χ0n) is 7.58. The molecular formula is C7H17N3O2. The molecule has 12 heavy (non-hydrogen) atoms. The minimum atomic E-state index is -0.819. The quantitative estimate of drug-likeness (QED) is 0.463. The highest BCUT2D eigenvalue weighted by Crippen LogP contribution is 2.01. The second-order valence-corrected chi connectivity index (χ2v) is 2.62. The Labute approximate surface area is 72.5 Å². The van der Waals surface area contributed by atoms with E-state index in [1.54, 1.807) is 19.1 Å². The maximum absolute atomic E-state index is 10.7. The van der Waals surface area contributed by atoms with E-state index in [0.29, 0.717) is 13.0 Å². The molecule has 0 rings (SSSR count). The van der Waals surface area contributed by atoms with Crippen LogP contribution >= 0.6 is 0 Å². The van der Waals surface area contributed by atoms with Crippen molar-refractivity contribution in [2.45, 2.75) is 18.9 Å². The summed E-state index contributed by atoms with van der Waals surface area (Å²) in [5.74, 6) is -0.819. The highest BCUT2D eigenvalue weighted by molar-refractivity contribution is 5.73. The average Bonchev–Trinajstić information content (AvgIpc) is 2.04. The first kappa shape index (κ1) is 11.4. The lowest BCUT2D eigenvalue weighted by molar-refractivity contribution is -0.144. The summed E-state index contributed by atoms with van der Waals surface area (Å²) >= 11 is 0. The molecule has 0 fully saturated rings. The Hall–Kier alpha value is -0.650. The molecule has 0 bridgehead atoms. The molecule has 1 atom stereocenters. The summed E-state index contributed by atoms with van der Waals surface area (Å²) in [5, 5.41) is 10.3. The summed E-state index contributed by atoms with van der Waals surface area (Å²) in [6.07, 6.45) is 1.30. The summed E-state index contributed by atoms with van der Waals surface area (Å²) in [6.45, 7) is 0.529. The summed E-state index contributed by atoms with van der Waals surface area (Å²) in [4.78, 5) is 10.7. The van der Waals surface area contributed by atoms with E-state index >= 15 is 0 Å². The Bertz CT molecular complexity index is 141. The third-order valence-electron chi connectivity index (χ3n) is 1.79. The van der Waals surface area contributed by atoms with Crippen LogP contribution in [0.1, 0.15) is 12.8 Å². The summed E-state index contributed by atoms with van der Waals surface area (Å²) in [5.41, 5.74) is 8.05. The molecule has 0 aromatic heterocycles. The van der Waals surface area contributed by atoms with Crippen molar-refractivity contribution in [3.05, 3.63) is 0 Å². The summed E-state index contributed by atoms with van der Waals surface area (Å²) in [6, 6.07) is -0.487. The first-order valence-corrected chi connectivity index (χ1v) is 3.96. The number of nitrogens with two attached hydrogens (primary N) is 1. The zero-order valence-corrected chi connectivity index (χ0v) is 7.58. The molecule has 4 N–H and O–H groups in total. The van der Waals surface area contributed by atoms with E-state index in [1.807, 2.05) is 0 Å². The fraction of sp³-hybridized carbons (Fsp3) is 0.857. The number of carboxylic acid groups (broad SMARTS) is 1. The van der Waals surface area contributed by atoms with E-state index in [1.165, 1.54) is 0 Å². The van der Waals surface area contributed by atoms with Crippen LogP contribution in [0.5, 0.6) is 0 Å². The minimum absolute atomic E-state index is 0.487. The van der Waals surface area contributed by atoms with Gasteiger partial charge in [-0.3, -0.25) is 10.2 Å². The highest BCUT2D eigenvalue weighted by atomic mass is 16.4. The molecule has 0 aliphatic heterocycles. The van der Waals surface area contributed by atoms with Crippen molar-refractivity contribution in [1.29, 1.82) is 0 Å². The summed E-state index contributed by atoms with van der Waals surface area (Å²) < 4.78 is 0. The van der Waals surface area contributed by atoms with Crippen molar-refractivity contribution in [3.63, 3.8) is 0 Å². The number of nitrogens with zero attached hydrogens (tertiary/aromatic N) is 1. The van der Waals surface area contributed by atoms with Gasteiger partial charge in [0.25, 0.3) is 0 Å². The largest absolute Gasteiger partial charge is 0.480 e. The molecule has 0 spiro atoms. The molecule has 0 saturated carbocycles. The number of hydrogen-bond donors (Lipinski definition) is 3. The van der Waals surface area contributed by atoms with Gasteiger partial charge in [-0.05, 0) is 26.4 Å². The Balaban J connectivity index is 3.94. The number of rotatable bonds is 6. The van der Waals surface area contributed by atoms with E-state index in [2.05, 4.69) is 5.43 Å². The predicted octanol–water partition coefficient (Wildman–Crippen LogP) is -0.755. The molecule has 0 aliphatic rings. The van der Waals surface area contributed by atoms with Gasteiger partial charge >= 0.3 is 5.97 Å². The van der Waals surface area contributed by atoms with Crippen LogP contribution in [0.4, 0.5) is 0 Å². The van der Waals surface area contributed by atoms with Crippen molar-refractivity contribution in [2.75, 3.05) is 20.6 Å². The molecule has 0 aliphatic carbocycles. The average molecular weight is 175 g/mol. The molecule has 0 saturated heterocycles. The van der Waals surface area contributed by atoms with Crippen molar-refractivity contribution >= 4 is 5.97 Å². The lowest BCUT2D eigenvalue weighted by Gasteiger charge is -2.22. The van der Waals surface area contributed by atoms with Crippen LogP contribution in [0.25, 0.3) is 0 Å². The lowest BCUT2D eigenvalue weighted by atomic mass is 10.1. The van der Waals surface area contributed by atoms with E-state index in [0.717, 1.165) is 6.42 Å². The smallest absolute Gasteiger partial charge is 0.322 e. The predicted molar refractivity (Wildman–Crippen MR) is 46.5 cm³/mol. The number of hydrazine groups is 1. The first-order chi connectivity index (χ1) is 5.63. The molecule has 0 unspecified atom stereocenters. The molecule has 0 heterocycles. The molecule has 0 amide bonds. The molecular weight excluding hydrogens is 158 g/mol. The van der Waals surface area contributed by atoms with E-state index in [9.17, 15) is 4.79 Å². The minimum Gasteiger partial charge on any atom is -0.480 e. The molecule has 0 radical (unpaired) electrons. The third kappa shape index (κ3) is 3.66. The lowest BCUT2D eigenvalue weighted by Crippen LogP contribution is -2.45. The van der Waals surface area contributed by atoms with Crippen LogP contribution in [-0.2, 0) is 4.79 Å². The number of carbonyl (C=O) groups is 1. The Kier molecular flexibility index (Phi) is 5.61. The van der Waals surface area contributed by atoms with Crippen molar-refractivity contribution in [1.82, 2.24) is 10.4 Å². The fourth-order valence-corrected chi connectivity index (χ4v) is 0.950. The number of hydrogen-bond acceptors (Lipinski definition) is 4. The number of nitrogens with one attached hydrogen (secondary N) is 1. The van der Waals surface area contributed by atoms with Crippen LogP contribution in [0.15, 0.2) is 0 Å². The van der Waals surface area contributed by atoms with E-state index in [-0.39, 0.29) is 0 Å². The van der Waals surface area contributed by atoms with Gasteiger partial charge in [0.05, 0.1) is 0 Å². The SMILES string of the molecule is CNN(C)[C@@H](CCCN)C(=O)O. The normalized spacial score (nSPS) is 13.3. The molecule has 5 nitrogen and oxygen atoms in total. The molecule has 72 valence electrons. The van der Waals surface area contributed by atoms with Gasteiger partial charge in [0.15, 0.2) is 0 Å². The van der Waals surface area contributed by atoms with Gasteiger partial charge < -0.3 is 10.8 Å². The number of likely N-dealkylation sites (N-methyl/N-ethyl adjacent to an activating group) is 1. The summed E-state index contributed by atoms with van der Waals surface area (Å²) in [7, 11) is 3.40. The zero-order chi connectivity index (χ0) is 9.56. The van der Waals surface area contributed by atoms with Gasteiger partial charge in [-0.15, -0.1) is 0 Å². The Morgan fingerprint density at radius 1 is 1.75 bits per heavy atom. The Morgan fingerprint density at radius 2 is 2.33 bits per heavy atom. The van der Waals surface area contributed by atoms with Gasteiger partial charge in [-0.2, -0.15) is 0 Å². The highest BCUT2D eigenvalue weighted by Gasteiger charge is 2.20. The maximum Gasteiger partial charge on any atom is 0.322 e. The monoisotopic (exact) mass is 175 g/mol.